The summed E-state index contributed by atoms with van der Waals surface area (Å²) in [4.78, 5) is 0. The Labute approximate surface area is 135 Å². The standard InChI is InChI=1S/C17H18Cl2O2/c1-12-3-2-4-15(9-12)21-8-7-14(20)10-13-5-6-16(18)17(19)11-13/h2-6,9,11,14,20H,7-8,10H2,1H3. The van der Waals surface area contributed by atoms with E-state index in [2.05, 4.69) is 0 Å². The fraction of sp³-hybridized carbons (Fsp3) is 0.294. The van der Waals surface area contributed by atoms with Crippen molar-refractivity contribution in [2.24, 2.45) is 0 Å². The molecule has 4 heteroatoms. The molecule has 0 radical (unpaired) electrons. The van der Waals surface area contributed by atoms with E-state index >= 15 is 0 Å². The van der Waals surface area contributed by atoms with Gasteiger partial charge in [-0.15, -0.1) is 0 Å². The number of benzene rings is 2. The van der Waals surface area contributed by atoms with E-state index in [0.29, 0.717) is 29.5 Å². The second kappa shape index (κ2) is 7.69. The van der Waals surface area contributed by atoms with Gasteiger partial charge >= 0.3 is 0 Å². The van der Waals surface area contributed by atoms with Gasteiger partial charge in [0.05, 0.1) is 22.8 Å². The molecule has 0 aliphatic carbocycles. The van der Waals surface area contributed by atoms with E-state index < -0.39 is 6.10 Å². The molecule has 1 N–H and O–H groups in total. The Morgan fingerprint density at radius 1 is 1.10 bits per heavy atom. The van der Waals surface area contributed by atoms with Crippen LogP contribution in [0.5, 0.6) is 5.75 Å². The minimum absolute atomic E-state index is 0.466. The summed E-state index contributed by atoms with van der Waals surface area (Å²) in [5, 5.41) is 11.1. The topological polar surface area (TPSA) is 29.5 Å². The molecular formula is C17H18Cl2O2. The van der Waals surface area contributed by atoms with Gasteiger partial charge in [0.1, 0.15) is 5.75 Å². The highest BCUT2D eigenvalue weighted by Crippen LogP contribution is 2.23. The SMILES string of the molecule is Cc1cccc(OCCC(O)Cc2ccc(Cl)c(Cl)c2)c1. The van der Waals surface area contributed by atoms with Crippen LogP contribution >= 0.6 is 23.2 Å². The normalized spacial score (nSPS) is 12.2. The molecule has 0 saturated heterocycles. The van der Waals surface area contributed by atoms with Crippen molar-refractivity contribution >= 4 is 23.2 Å². The van der Waals surface area contributed by atoms with E-state index in [4.69, 9.17) is 27.9 Å². The van der Waals surface area contributed by atoms with Gasteiger partial charge in [-0.1, -0.05) is 41.4 Å². The highest BCUT2D eigenvalue weighted by atomic mass is 35.5. The van der Waals surface area contributed by atoms with Crippen LogP contribution in [0.1, 0.15) is 17.5 Å². The molecule has 0 spiro atoms. The number of rotatable bonds is 6. The first-order valence-corrected chi connectivity index (χ1v) is 7.61. The third-order valence-corrected chi connectivity index (χ3v) is 3.90. The number of halogens is 2. The third kappa shape index (κ3) is 5.24. The Morgan fingerprint density at radius 3 is 2.62 bits per heavy atom. The number of ether oxygens (including phenoxy) is 1. The first-order valence-electron chi connectivity index (χ1n) is 6.86. The van der Waals surface area contributed by atoms with Gasteiger partial charge in [0.15, 0.2) is 0 Å². The summed E-state index contributed by atoms with van der Waals surface area (Å²) >= 11 is 11.8. The molecule has 21 heavy (non-hydrogen) atoms. The van der Waals surface area contributed by atoms with Crippen LogP contribution in [0.15, 0.2) is 42.5 Å². The zero-order valence-corrected chi connectivity index (χ0v) is 13.4. The van der Waals surface area contributed by atoms with E-state index in [1.165, 1.54) is 0 Å². The van der Waals surface area contributed by atoms with Crippen LogP contribution in [0.25, 0.3) is 0 Å². The van der Waals surface area contributed by atoms with Gasteiger partial charge in [-0.05, 0) is 48.7 Å². The Kier molecular flexibility index (Phi) is 5.92. The third-order valence-electron chi connectivity index (χ3n) is 3.16. The molecule has 2 rings (SSSR count). The summed E-state index contributed by atoms with van der Waals surface area (Å²) in [6.45, 7) is 2.50. The predicted octanol–water partition coefficient (Wildman–Crippen LogP) is 4.67. The first kappa shape index (κ1) is 16.2. The first-order chi connectivity index (χ1) is 10.0. The summed E-state index contributed by atoms with van der Waals surface area (Å²) in [5.41, 5.74) is 2.12. The molecule has 0 heterocycles. The predicted molar refractivity (Wildman–Crippen MR) is 87.5 cm³/mol. The summed E-state index contributed by atoms with van der Waals surface area (Å²) in [5.74, 6) is 0.830. The number of aryl methyl sites for hydroxylation is 1. The van der Waals surface area contributed by atoms with Gasteiger partial charge < -0.3 is 9.84 Å². The minimum Gasteiger partial charge on any atom is -0.493 e. The second-order valence-electron chi connectivity index (χ2n) is 5.06. The second-order valence-corrected chi connectivity index (χ2v) is 5.87. The molecule has 0 fully saturated rings. The number of hydrogen-bond donors (Lipinski definition) is 1. The molecule has 112 valence electrons. The monoisotopic (exact) mass is 324 g/mol. The molecule has 0 amide bonds. The van der Waals surface area contributed by atoms with Crippen molar-refractivity contribution in [3.63, 3.8) is 0 Å². The summed E-state index contributed by atoms with van der Waals surface area (Å²) in [6.07, 6.45) is 0.634. The van der Waals surface area contributed by atoms with Crippen molar-refractivity contribution in [2.45, 2.75) is 25.9 Å². The number of hydrogen-bond acceptors (Lipinski definition) is 2. The van der Waals surface area contributed by atoms with Crippen molar-refractivity contribution in [1.82, 2.24) is 0 Å². The van der Waals surface area contributed by atoms with Gasteiger partial charge in [0.25, 0.3) is 0 Å². The van der Waals surface area contributed by atoms with Crippen LogP contribution in [0.3, 0.4) is 0 Å². The maximum atomic E-state index is 10.0. The molecular weight excluding hydrogens is 307 g/mol. The van der Waals surface area contributed by atoms with Crippen molar-refractivity contribution in [3.8, 4) is 5.75 Å². The molecule has 0 saturated carbocycles. The quantitative estimate of drug-likeness (QED) is 0.836. The van der Waals surface area contributed by atoms with Crippen molar-refractivity contribution in [1.29, 1.82) is 0 Å². The fourth-order valence-electron chi connectivity index (χ4n) is 2.06. The fourth-order valence-corrected chi connectivity index (χ4v) is 2.38. The van der Waals surface area contributed by atoms with E-state index in [-0.39, 0.29) is 0 Å². The zero-order valence-electron chi connectivity index (χ0n) is 11.9. The largest absolute Gasteiger partial charge is 0.493 e. The molecule has 0 aromatic heterocycles. The van der Waals surface area contributed by atoms with Crippen LogP contribution in [0.4, 0.5) is 0 Å². The maximum absolute atomic E-state index is 10.0. The lowest BCUT2D eigenvalue weighted by Crippen LogP contribution is -2.14. The summed E-state index contributed by atoms with van der Waals surface area (Å²) in [6, 6.07) is 13.3. The summed E-state index contributed by atoms with van der Waals surface area (Å²) < 4.78 is 5.63. The average Bonchev–Trinajstić information content (AvgIpc) is 2.43. The number of aliphatic hydroxyl groups is 1. The van der Waals surface area contributed by atoms with Crippen LogP contribution < -0.4 is 4.74 Å². The maximum Gasteiger partial charge on any atom is 0.119 e. The Hall–Kier alpha value is -1.22. The van der Waals surface area contributed by atoms with Crippen molar-refractivity contribution in [3.05, 3.63) is 63.6 Å². The molecule has 1 atom stereocenters. The zero-order chi connectivity index (χ0) is 15.2. The van der Waals surface area contributed by atoms with Gasteiger partial charge in [-0.3, -0.25) is 0 Å². The molecule has 0 aliphatic rings. The van der Waals surface area contributed by atoms with Crippen molar-refractivity contribution in [2.75, 3.05) is 6.61 Å². The van der Waals surface area contributed by atoms with Crippen LogP contribution in [0.2, 0.25) is 10.0 Å². The average molecular weight is 325 g/mol. The molecule has 0 bridgehead atoms. The molecule has 2 aromatic rings. The van der Waals surface area contributed by atoms with E-state index in [0.717, 1.165) is 16.9 Å². The van der Waals surface area contributed by atoms with Crippen LogP contribution in [-0.4, -0.2) is 17.8 Å². The molecule has 0 aliphatic heterocycles. The molecule has 1 unspecified atom stereocenters. The Bertz CT molecular complexity index is 599. The van der Waals surface area contributed by atoms with E-state index in [1.54, 1.807) is 12.1 Å². The lowest BCUT2D eigenvalue weighted by molar-refractivity contribution is 0.139. The number of aliphatic hydroxyl groups excluding tert-OH is 1. The van der Waals surface area contributed by atoms with E-state index in [9.17, 15) is 5.11 Å². The highest BCUT2D eigenvalue weighted by molar-refractivity contribution is 6.42. The Morgan fingerprint density at radius 2 is 1.90 bits per heavy atom. The van der Waals surface area contributed by atoms with E-state index in [1.807, 2.05) is 37.3 Å². The minimum atomic E-state index is -0.466. The summed E-state index contributed by atoms with van der Waals surface area (Å²) in [7, 11) is 0. The van der Waals surface area contributed by atoms with Crippen LogP contribution in [-0.2, 0) is 6.42 Å². The smallest absolute Gasteiger partial charge is 0.119 e. The molecule has 2 nitrogen and oxygen atoms in total. The van der Waals surface area contributed by atoms with Gasteiger partial charge in [-0.25, -0.2) is 0 Å². The van der Waals surface area contributed by atoms with Gasteiger partial charge in [0, 0.05) is 6.42 Å². The van der Waals surface area contributed by atoms with Gasteiger partial charge in [0.2, 0.25) is 0 Å². The lowest BCUT2D eigenvalue weighted by atomic mass is 10.1. The Balaban J connectivity index is 1.79. The van der Waals surface area contributed by atoms with Gasteiger partial charge in [-0.2, -0.15) is 0 Å². The molecule has 2 aromatic carbocycles. The van der Waals surface area contributed by atoms with Crippen LogP contribution in [0, 0.1) is 6.92 Å². The highest BCUT2D eigenvalue weighted by Gasteiger charge is 2.08. The van der Waals surface area contributed by atoms with Crippen molar-refractivity contribution < 1.29 is 9.84 Å². The lowest BCUT2D eigenvalue weighted by Gasteiger charge is -2.12.